The maximum Gasteiger partial charge on any atom is 0.422 e. The molecule has 4 aromatic carbocycles. The SMILES string of the molecule is CCCCCCCc1ccc(-c2ccc3c(F)c(CCc4ccc(OCC(F)(F)F)c(F)c4)ccc3c2)cc1. The van der Waals surface area contributed by atoms with E-state index in [1.807, 2.05) is 18.2 Å². The van der Waals surface area contributed by atoms with Crippen molar-refractivity contribution in [1.82, 2.24) is 0 Å². The Bertz CT molecular complexity index is 1380. The van der Waals surface area contributed by atoms with E-state index >= 15 is 4.39 Å². The maximum absolute atomic E-state index is 15.3. The summed E-state index contributed by atoms with van der Waals surface area (Å²) in [5, 5.41) is 1.31. The van der Waals surface area contributed by atoms with Crippen molar-refractivity contribution in [2.45, 2.75) is 64.5 Å². The molecule has 0 N–H and O–H groups in total. The minimum atomic E-state index is -4.54. The highest BCUT2D eigenvalue weighted by atomic mass is 19.4. The van der Waals surface area contributed by atoms with Crippen LogP contribution in [-0.4, -0.2) is 12.8 Å². The van der Waals surface area contributed by atoms with Crippen LogP contribution in [0.15, 0.2) is 72.8 Å². The molecule has 0 aliphatic heterocycles. The molecular formula is C33H33F5O. The average molecular weight is 541 g/mol. The highest BCUT2D eigenvalue weighted by molar-refractivity contribution is 5.88. The summed E-state index contributed by atoms with van der Waals surface area (Å²) in [5.41, 5.74) is 4.48. The van der Waals surface area contributed by atoms with Crippen LogP contribution in [0.4, 0.5) is 22.0 Å². The average Bonchev–Trinajstić information content (AvgIpc) is 2.92. The minimum Gasteiger partial charge on any atom is -0.481 e. The number of halogens is 5. The summed E-state index contributed by atoms with van der Waals surface area (Å²) in [6.07, 6.45) is 3.49. The summed E-state index contributed by atoms with van der Waals surface area (Å²) in [6.45, 7) is 0.662. The monoisotopic (exact) mass is 540 g/mol. The number of benzene rings is 4. The van der Waals surface area contributed by atoms with E-state index in [4.69, 9.17) is 0 Å². The van der Waals surface area contributed by atoms with E-state index in [9.17, 15) is 17.6 Å². The first-order valence-corrected chi connectivity index (χ1v) is 13.5. The summed E-state index contributed by atoms with van der Waals surface area (Å²) in [7, 11) is 0. The fraction of sp³-hybridized carbons (Fsp3) is 0.333. The lowest BCUT2D eigenvalue weighted by atomic mass is 9.96. The molecule has 1 nitrogen and oxygen atoms in total. The molecule has 0 atom stereocenters. The van der Waals surface area contributed by atoms with Crippen LogP contribution >= 0.6 is 0 Å². The fourth-order valence-electron chi connectivity index (χ4n) is 4.76. The van der Waals surface area contributed by atoms with Crippen molar-refractivity contribution < 1.29 is 26.7 Å². The van der Waals surface area contributed by atoms with Gasteiger partial charge in [0.05, 0.1) is 0 Å². The van der Waals surface area contributed by atoms with Crippen LogP contribution in [0.2, 0.25) is 0 Å². The predicted molar refractivity (Wildman–Crippen MR) is 147 cm³/mol. The van der Waals surface area contributed by atoms with Gasteiger partial charge in [0, 0.05) is 5.39 Å². The number of aryl methyl sites for hydroxylation is 3. The molecule has 0 unspecified atom stereocenters. The molecule has 206 valence electrons. The minimum absolute atomic E-state index is 0.317. The first-order chi connectivity index (χ1) is 18.7. The second kappa shape index (κ2) is 13.1. The van der Waals surface area contributed by atoms with Crippen LogP contribution in [0.25, 0.3) is 21.9 Å². The number of unbranched alkanes of at least 4 members (excludes halogenated alkanes) is 4. The van der Waals surface area contributed by atoms with Gasteiger partial charge in [-0.2, -0.15) is 13.2 Å². The Kier molecular flexibility index (Phi) is 9.60. The lowest BCUT2D eigenvalue weighted by Gasteiger charge is -2.11. The van der Waals surface area contributed by atoms with E-state index < -0.39 is 24.3 Å². The fourth-order valence-corrected chi connectivity index (χ4v) is 4.76. The lowest BCUT2D eigenvalue weighted by molar-refractivity contribution is -0.153. The van der Waals surface area contributed by atoms with Gasteiger partial charge in [0.2, 0.25) is 0 Å². The Hall–Kier alpha value is -3.41. The van der Waals surface area contributed by atoms with Crippen molar-refractivity contribution in [3.8, 4) is 16.9 Å². The summed E-state index contributed by atoms with van der Waals surface area (Å²) < 4.78 is 70.9. The summed E-state index contributed by atoms with van der Waals surface area (Å²) in [5.74, 6) is -1.65. The van der Waals surface area contributed by atoms with Gasteiger partial charge in [-0.1, -0.05) is 87.2 Å². The Labute approximate surface area is 226 Å². The van der Waals surface area contributed by atoms with Crippen molar-refractivity contribution in [1.29, 1.82) is 0 Å². The summed E-state index contributed by atoms with van der Waals surface area (Å²) in [4.78, 5) is 0. The van der Waals surface area contributed by atoms with E-state index in [1.165, 1.54) is 49.8 Å². The van der Waals surface area contributed by atoms with Crippen LogP contribution in [-0.2, 0) is 19.3 Å². The Morgan fingerprint density at radius 2 is 1.38 bits per heavy atom. The first kappa shape index (κ1) is 28.6. The third-order valence-electron chi connectivity index (χ3n) is 6.96. The molecule has 0 radical (unpaired) electrons. The van der Waals surface area contributed by atoms with Crippen molar-refractivity contribution in [3.63, 3.8) is 0 Å². The van der Waals surface area contributed by atoms with Gasteiger partial charge in [0.1, 0.15) is 5.82 Å². The zero-order chi connectivity index (χ0) is 27.8. The van der Waals surface area contributed by atoms with Crippen molar-refractivity contribution in [2.75, 3.05) is 6.61 Å². The molecule has 0 aliphatic rings. The summed E-state index contributed by atoms with van der Waals surface area (Å²) in [6, 6.07) is 21.7. The number of rotatable bonds is 12. The van der Waals surface area contributed by atoms with E-state index in [2.05, 4.69) is 35.9 Å². The normalized spacial score (nSPS) is 11.7. The highest BCUT2D eigenvalue weighted by Crippen LogP contribution is 2.29. The second-order valence-corrected chi connectivity index (χ2v) is 10.0. The van der Waals surface area contributed by atoms with Crippen LogP contribution in [0.1, 0.15) is 55.7 Å². The molecule has 0 saturated carbocycles. The van der Waals surface area contributed by atoms with Gasteiger partial charge < -0.3 is 4.74 Å². The van der Waals surface area contributed by atoms with E-state index in [0.717, 1.165) is 29.0 Å². The molecule has 0 heterocycles. The van der Waals surface area contributed by atoms with Crippen LogP contribution in [0.3, 0.4) is 0 Å². The molecule has 0 bridgehead atoms. The molecule has 0 fully saturated rings. The zero-order valence-corrected chi connectivity index (χ0v) is 22.1. The first-order valence-electron chi connectivity index (χ1n) is 13.5. The quantitative estimate of drug-likeness (QED) is 0.128. The van der Waals surface area contributed by atoms with Gasteiger partial charge in [-0.05, 0) is 77.1 Å². The molecule has 4 aromatic rings. The van der Waals surface area contributed by atoms with E-state index in [-0.39, 0.29) is 5.82 Å². The maximum atomic E-state index is 15.3. The standard InChI is InChI=1S/C33H33F5O/c1-2-3-4-5-6-7-23-8-12-25(13-9-23)27-17-18-29-28(21-27)16-15-26(32(29)35)14-10-24-11-19-31(30(34)20-24)39-22-33(36,37)38/h8-9,11-13,15-21H,2-7,10,14,22H2,1H3. The third-order valence-corrected chi connectivity index (χ3v) is 6.96. The van der Waals surface area contributed by atoms with Gasteiger partial charge >= 0.3 is 6.18 Å². The van der Waals surface area contributed by atoms with E-state index in [0.29, 0.717) is 29.4 Å². The molecule has 0 spiro atoms. The van der Waals surface area contributed by atoms with Gasteiger partial charge in [0.25, 0.3) is 0 Å². The number of ether oxygens (including phenoxy) is 1. The Balaban J connectivity index is 1.39. The van der Waals surface area contributed by atoms with Crippen molar-refractivity contribution in [2.24, 2.45) is 0 Å². The third kappa shape index (κ3) is 8.04. The van der Waals surface area contributed by atoms with Crippen LogP contribution < -0.4 is 4.74 Å². The number of alkyl halides is 3. The smallest absolute Gasteiger partial charge is 0.422 e. The predicted octanol–water partition coefficient (Wildman–Crippen LogP) is 10.0. The van der Waals surface area contributed by atoms with Crippen molar-refractivity contribution in [3.05, 3.63) is 101 Å². The zero-order valence-electron chi connectivity index (χ0n) is 22.1. The second-order valence-electron chi connectivity index (χ2n) is 10.0. The largest absolute Gasteiger partial charge is 0.481 e. The molecule has 39 heavy (non-hydrogen) atoms. The lowest BCUT2D eigenvalue weighted by Crippen LogP contribution is -2.19. The Morgan fingerprint density at radius 3 is 2.10 bits per heavy atom. The molecular weight excluding hydrogens is 507 g/mol. The van der Waals surface area contributed by atoms with Crippen molar-refractivity contribution >= 4 is 10.8 Å². The van der Waals surface area contributed by atoms with Gasteiger partial charge in [0.15, 0.2) is 18.2 Å². The van der Waals surface area contributed by atoms with Crippen LogP contribution in [0, 0.1) is 11.6 Å². The number of hydrogen-bond donors (Lipinski definition) is 0. The number of hydrogen-bond acceptors (Lipinski definition) is 1. The molecule has 0 saturated heterocycles. The van der Waals surface area contributed by atoms with E-state index in [1.54, 1.807) is 12.1 Å². The molecule has 0 aromatic heterocycles. The molecule has 6 heteroatoms. The molecule has 0 amide bonds. The number of fused-ring (bicyclic) bond motifs is 1. The van der Waals surface area contributed by atoms with Gasteiger partial charge in [-0.25, -0.2) is 8.78 Å². The van der Waals surface area contributed by atoms with Gasteiger partial charge in [-0.15, -0.1) is 0 Å². The topological polar surface area (TPSA) is 9.23 Å². The Morgan fingerprint density at radius 1 is 0.667 bits per heavy atom. The molecule has 0 aliphatic carbocycles. The van der Waals surface area contributed by atoms with Gasteiger partial charge in [-0.3, -0.25) is 0 Å². The summed E-state index contributed by atoms with van der Waals surface area (Å²) >= 11 is 0. The van der Waals surface area contributed by atoms with Crippen LogP contribution in [0.5, 0.6) is 5.75 Å². The highest BCUT2D eigenvalue weighted by Gasteiger charge is 2.29. The molecule has 4 rings (SSSR count).